The van der Waals surface area contributed by atoms with Crippen LogP contribution in [0.1, 0.15) is 39.0 Å². The lowest BCUT2D eigenvalue weighted by atomic mass is 9.95. The monoisotopic (exact) mass is 285 g/mol. The Bertz CT molecular complexity index is 407. The number of rotatable bonds is 5. The fourth-order valence-corrected chi connectivity index (χ4v) is 2.64. The van der Waals surface area contributed by atoms with Crippen LogP contribution >= 0.6 is 11.6 Å². The summed E-state index contributed by atoms with van der Waals surface area (Å²) in [7, 11) is 0. The lowest BCUT2D eigenvalue weighted by molar-refractivity contribution is 0.197. The SMILES string of the molecule is CC(CNC1CCCCC1)Oc1cccc(Cl)c1F. The molecule has 0 heterocycles. The third-order valence-corrected chi connectivity index (χ3v) is 3.84. The number of ether oxygens (including phenoxy) is 1. The number of hydrogen-bond donors (Lipinski definition) is 1. The highest BCUT2D eigenvalue weighted by Gasteiger charge is 2.15. The van der Waals surface area contributed by atoms with Gasteiger partial charge >= 0.3 is 0 Å². The standard InChI is InChI=1S/C15H21ClFNO/c1-11(10-18-12-6-3-2-4-7-12)19-14-9-5-8-13(16)15(14)17/h5,8-9,11-12,18H,2-4,6-7,10H2,1H3. The summed E-state index contributed by atoms with van der Waals surface area (Å²) in [6, 6.07) is 5.42. The van der Waals surface area contributed by atoms with Gasteiger partial charge in [0.25, 0.3) is 0 Å². The molecule has 0 aliphatic heterocycles. The second-order valence-corrected chi connectivity index (χ2v) is 5.63. The summed E-state index contributed by atoms with van der Waals surface area (Å²) >= 11 is 5.73. The third-order valence-electron chi connectivity index (χ3n) is 3.54. The first-order valence-corrected chi connectivity index (χ1v) is 7.38. The maximum Gasteiger partial charge on any atom is 0.183 e. The second kappa shape index (κ2) is 7.11. The van der Waals surface area contributed by atoms with Crippen molar-refractivity contribution in [1.29, 1.82) is 0 Å². The Hall–Kier alpha value is -0.800. The highest BCUT2D eigenvalue weighted by Crippen LogP contribution is 2.25. The molecule has 1 saturated carbocycles. The molecule has 0 aromatic heterocycles. The number of benzene rings is 1. The molecule has 19 heavy (non-hydrogen) atoms. The molecule has 1 unspecified atom stereocenters. The van der Waals surface area contributed by atoms with Crippen LogP contribution in [0.3, 0.4) is 0 Å². The molecule has 2 rings (SSSR count). The van der Waals surface area contributed by atoms with Gasteiger partial charge in [-0.2, -0.15) is 0 Å². The van der Waals surface area contributed by atoms with E-state index in [1.165, 1.54) is 38.2 Å². The summed E-state index contributed by atoms with van der Waals surface area (Å²) in [5, 5.41) is 3.60. The van der Waals surface area contributed by atoms with Gasteiger partial charge in [-0.3, -0.25) is 0 Å². The molecule has 0 saturated heterocycles. The van der Waals surface area contributed by atoms with Crippen molar-refractivity contribution >= 4 is 11.6 Å². The zero-order valence-electron chi connectivity index (χ0n) is 11.3. The van der Waals surface area contributed by atoms with Crippen molar-refractivity contribution in [2.45, 2.75) is 51.2 Å². The molecule has 2 nitrogen and oxygen atoms in total. The van der Waals surface area contributed by atoms with Crippen molar-refractivity contribution in [2.75, 3.05) is 6.54 Å². The summed E-state index contributed by atoms with van der Waals surface area (Å²) < 4.78 is 19.3. The van der Waals surface area contributed by atoms with E-state index in [2.05, 4.69) is 5.32 Å². The van der Waals surface area contributed by atoms with Gasteiger partial charge in [0, 0.05) is 12.6 Å². The molecule has 0 radical (unpaired) electrons. The van der Waals surface area contributed by atoms with Gasteiger partial charge in [-0.1, -0.05) is 36.9 Å². The highest BCUT2D eigenvalue weighted by atomic mass is 35.5. The first-order valence-electron chi connectivity index (χ1n) is 7.01. The van der Waals surface area contributed by atoms with Gasteiger partial charge in [-0.05, 0) is 31.9 Å². The van der Waals surface area contributed by atoms with Crippen molar-refractivity contribution in [1.82, 2.24) is 5.32 Å². The van der Waals surface area contributed by atoms with E-state index in [9.17, 15) is 4.39 Å². The topological polar surface area (TPSA) is 21.3 Å². The van der Waals surface area contributed by atoms with Crippen LogP contribution < -0.4 is 10.1 Å². The van der Waals surface area contributed by atoms with Crippen molar-refractivity contribution < 1.29 is 9.13 Å². The van der Waals surface area contributed by atoms with Crippen LogP contribution in [0.5, 0.6) is 5.75 Å². The zero-order chi connectivity index (χ0) is 13.7. The molecule has 0 amide bonds. The Morgan fingerprint density at radius 1 is 1.37 bits per heavy atom. The molecule has 1 fully saturated rings. The third kappa shape index (κ3) is 4.36. The molecular formula is C15H21ClFNO. The summed E-state index contributed by atoms with van der Waals surface area (Å²) in [6.07, 6.45) is 6.34. The lowest BCUT2D eigenvalue weighted by Crippen LogP contribution is -2.37. The van der Waals surface area contributed by atoms with Gasteiger partial charge < -0.3 is 10.1 Å². The van der Waals surface area contributed by atoms with Crippen molar-refractivity contribution in [2.24, 2.45) is 0 Å². The average Bonchev–Trinajstić information content (AvgIpc) is 2.43. The van der Waals surface area contributed by atoms with Gasteiger partial charge in [0.05, 0.1) is 5.02 Å². The molecule has 1 atom stereocenters. The Balaban J connectivity index is 1.80. The average molecular weight is 286 g/mol. The first kappa shape index (κ1) is 14.6. The van der Waals surface area contributed by atoms with E-state index in [0.717, 1.165) is 6.54 Å². The minimum Gasteiger partial charge on any atom is -0.486 e. The van der Waals surface area contributed by atoms with E-state index in [1.807, 2.05) is 6.92 Å². The lowest BCUT2D eigenvalue weighted by Gasteiger charge is -2.25. The first-order chi connectivity index (χ1) is 9.16. The van der Waals surface area contributed by atoms with Crippen molar-refractivity contribution in [3.8, 4) is 5.75 Å². The molecule has 1 aliphatic carbocycles. The van der Waals surface area contributed by atoms with Gasteiger partial charge in [-0.15, -0.1) is 0 Å². The smallest absolute Gasteiger partial charge is 0.183 e. The maximum atomic E-state index is 13.7. The molecule has 1 aromatic rings. The van der Waals surface area contributed by atoms with Crippen molar-refractivity contribution in [3.05, 3.63) is 29.0 Å². The van der Waals surface area contributed by atoms with Crippen LogP contribution in [0.2, 0.25) is 5.02 Å². The Kier molecular flexibility index (Phi) is 5.46. The Morgan fingerprint density at radius 3 is 2.84 bits per heavy atom. The fraction of sp³-hybridized carbons (Fsp3) is 0.600. The summed E-state index contributed by atoms with van der Waals surface area (Å²) in [6.45, 7) is 2.67. The molecule has 1 aliphatic rings. The Labute approximate surface area is 119 Å². The zero-order valence-corrected chi connectivity index (χ0v) is 12.0. The van der Waals surface area contributed by atoms with E-state index >= 15 is 0 Å². The van der Waals surface area contributed by atoms with Crippen LogP contribution in [0.4, 0.5) is 4.39 Å². The van der Waals surface area contributed by atoms with E-state index in [4.69, 9.17) is 16.3 Å². The fourth-order valence-electron chi connectivity index (χ4n) is 2.47. The van der Waals surface area contributed by atoms with E-state index in [0.29, 0.717) is 6.04 Å². The van der Waals surface area contributed by atoms with Crippen LogP contribution in [0.15, 0.2) is 18.2 Å². The van der Waals surface area contributed by atoms with Gasteiger partial charge in [0.2, 0.25) is 0 Å². The van der Waals surface area contributed by atoms with Crippen molar-refractivity contribution in [3.63, 3.8) is 0 Å². The molecule has 0 spiro atoms. The van der Waals surface area contributed by atoms with Gasteiger partial charge in [0.15, 0.2) is 11.6 Å². The number of nitrogens with one attached hydrogen (secondary N) is 1. The summed E-state index contributed by atoms with van der Waals surface area (Å²) in [5.41, 5.74) is 0. The molecule has 106 valence electrons. The predicted molar refractivity (Wildman–Crippen MR) is 76.4 cm³/mol. The molecular weight excluding hydrogens is 265 g/mol. The molecule has 0 bridgehead atoms. The second-order valence-electron chi connectivity index (χ2n) is 5.22. The van der Waals surface area contributed by atoms with Crippen LogP contribution in [-0.2, 0) is 0 Å². The van der Waals surface area contributed by atoms with Crippen LogP contribution in [0.25, 0.3) is 0 Å². The number of hydrogen-bond acceptors (Lipinski definition) is 2. The highest BCUT2D eigenvalue weighted by molar-refractivity contribution is 6.30. The van der Waals surface area contributed by atoms with Crippen LogP contribution in [0, 0.1) is 5.82 Å². The normalized spacial score (nSPS) is 18.3. The van der Waals surface area contributed by atoms with E-state index < -0.39 is 5.82 Å². The van der Waals surface area contributed by atoms with Gasteiger partial charge in [0.1, 0.15) is 6.10 Å². The predicted octanol–water partition coefficient (Wildman–Crippen LogP) is 4.17. The minimum atomic E-state index is -0.478. The van der Waals surface area contributed by atoms with E-state index in [1.54, 1.807) is 12.1 Å². The quantitative estimate of drug-likeness (QED) is 0.877. The van der Waals surface area contributed by atoms with Crippen LogP contribution in [-0.4, -0.2) is 18.7 Å². The Morgan fingerprint density at radius 2 is 2.11 bits per heavy atom. The van der Waals surface area contributed by atoms with E-state index in [-0.39, 0.29) is 16.9 Å². The summed E-state index contributed by atoms with van der Waals surface area (Å²) in [4.78, 5) is 0. The molecule has 1 aromatic carbocycles. The molecule has 1 N–H and O–H groups in total. The molecule has 4 heteroatoms. The number of halogens is 2. The largest absolute Gasteiger partial charge is 0.486 e. The minimum absolute atomic E-state index is 0.0742. The van der Waals surface area contributed by atoms with Gasteiger partial charge in [-0.25, -0.2) is 4.39 Å². The summed E-state index contributed by atoms with van der Waals surface area (Å²) in [5.74, 6) is -0.251. The maximum absolute atomic E-state index is 13.7.